The van der Waals surface area contributed by atoms with Gasteiger partial charge in [-0.25, -0.2) is 4.98 Å². The van der Waals surface area contributed by atoms with E-state index < -0.39 is 0 Å². The van der Waals surface area contributed by atoms with Gasteiger partial charge >= 0.3 is 0 Å². The third kappa shape index (κ3) is 3.25. The number of hydrogen-bond acceptors (Lipinski definition) is 5. The second-order valence-electron chi connectivity index (χ2n) is 3.94. The summed E-state index contributed by atoms with van der Waals surface area (Å²) in [5, 5.41) is 15.6. The summed E-state index contributed by atoms with van der Waals surface area (Å²) in [6.45, 7) is 4.74. The number of thiazole rings is 1. The largest absolute Gasteiger partial charge is 0.506 e. The zero-order valence-corrected chi connectivity index (χ0v) is 10.7. The normalized spacial score (nSPS) is 12.6. The van der Waals surface area contributed by atoms with Gasteiger partial charge in [0.2, 0.25) is 0 Å². The van der Waals surface area contributed by atoms with Gasteiger partial charge in [0.25, 0.3) is 0 Å². The van der Waals surface area contributed by atoms with E-state index >= 15 is 0 Å². The van der Waals surface area contributed by atoms with Crippen molar-refractivity contribution in [2.24, 2.45) is 0 Å². The van der Waals surface area contributed by atoms with Crippen molar-refractivity contribution < 1.29 is 5.11 Å². The number of pyridine rings is 1. The van der Waals surface area contributed by atoms with Crippen LogP contribution in [0, 0.1) is 6.92 Å². The highest BCUT2D eigenvalue weighted by molar-refractivity contribution is 7.09. The van der Waals surface area contributed by atoms with Crippen molar-refractivity contribution in [1.29, 1.82) is 0 Å². The van der Waals surface area contributed by atoms with E-state index in [9.17, 15) is 0 Å². The number of nitrogens with zero attached hydrogens (tertiary/aromatic N) is 2. The predicted molar refractivity (Wildman–Crippen MR) is 68.0 cm³/mol. The first-order valence-electron chi connectivity index (χ1n) is 5.44. The molecule has 1 atom stereocenters. The second kappa shape index (κ2) is 5.25. The van der Waals surface area contributed by atoms with Crippen molar-refractivity contribution in [1.82, 2.24) is 15.3 Å². The number of aryl methyl sites for hydroxylation is 1. The number of aromatic hydroxyl groups is 1. The molecule has 2 rings (SSSR count). The quantitative estimate of drug-likeness (QED) is 0.873. The van der Waals surface area contributed by atoms with Gasteiger partial charge < -0.3 is 10.4 Å². The fourth-order valence-electron chi connectivity index (χ4n) is 1.44. The van der Waals surface area contributed by atoms with Crippen molar-refractivity contribution in [2.75, 3.05) is 0 Å². The molecule has 0 fully saturated rings. The van der Waals surface area contributed by atoms with Crippen LogP contribution in [0.5, 0.6) is 5.75 Å². The summed E-state index contributed by atoms with van der Waals surface area (Å²) in [6, 6.07) is 3.66. The topological polar surface area (TPSA) is 58.0 Å². The average Bonchev–Trinajstić information content (AvgIpc) is 2.75. The van der Waals surface area contributed by atoms with Crippen LogP contribution >= 0.6 is 11.3 Å². The molecule has 2 aromatic heterocycles. The lowest BCUT2D eigenvalue weighted by Crippen LogP contribution is -2.18. The molecule has 0 aliphatic carbocycles. The molecule has 0 saturated heterocycles. The van der Waals surface area contributed by atoms with Crippen molar-refractivity contribution in [3.8, 4) is 5.75 Å². The molecule has 5 heteroatoms. The highest BCUT2D eigenvalue weighted by Crippen LogP contribution is 2.17. The van der Waals surface area contributed by atoms with Crippen LogP contribution in [-0.2, 0) is 6.54 Å². The lowest BCUT2D eigenvalue weighted by Gasteiger charge is -2.10. The van der Waals surface area contributed by atoms with E-state index in [0.29, 0.717) is 6.54 Å². The predicted octanol–water partition coefficient (Wildman–Crippen LogP) is 2.40. The van der Waals surface area contributed by atoms with Gasteiger partial charge in [0, 0.05) is 17.6 Å². The minimum atomic E-state index is 0.192. The smallest absolute Gasteiger partial charge is 0.133 e. The number of aromatic nitrogens is 2. The molecule has 90 valence electrons. The molecule has 2 heterocycles. The fraction of sp³-hybridized carbons (Fsp3) is 0.333. The molecular formula is C12H15N3OS. The first-order valence-corrected chi connectivity index (χ1v) is 6.32. The third-order valence-corrected chi connectivity index (χ3v) is 3.55. The second-order valence-corrected chi connectivity index (χ2v) is 4.83. The Kier molecular flexibility index (Phi) is 3.71. The monoisotopic (exact) mass is 249 g/mol. The molecule has 0 bridgehead atoms. The van der Waals surface area contributed by atoms with Gasteiger partial charge in [-0.2, -0.15) is 0 Å². The maximum absolute atomic E-state index is 9.12. The summed E-state index contributed by atoms with van der Waals surface area (Å²) in [6.07, 6.45) is 1.45. The molecule has 0 amide bonds. The molecule has 1 unspecified atom stereocenters. The minimum absolute atomic E-state index is 0.192. The SMILES string of the molecule is Cc1csc(C(C)NCc2ccc(O)cn2)n1. The number of rotatable bonds is 4. The Bertz CT molecular complexity index is 481. The summed E-state index contributed by atoms with van der Waals surface area (Å²) >= 11 is 1.66. The lowest BCUT2D eigenvalue weighted by atomic mass is 10.3. The van der Waals surface area contributed by atoms with E-state index in [4.69, 9.17) is 5.11 Å². The van der Waals surface area contributed by atoms with E-state index in [1.165, 1.54) is 6.20 Å². The first kappa shape index (κ1) is 12.0. The zero-order chi connectivity index (χ0) is 12.3. The summed E-state index contributed by atoms with van der Waals surface area (Å²) in [7, 11) is 0. The fourth-order valence-corrected chi connectivity index (χ4v) is 2.27. The molecule has 0 aliphatic heterocycles. The lowest BCUT2D eigenvalue weighted by molar-refractivity contribution is 0.471. The van der Waals surface area contributed by atoms with Gasteiger partial charge in [-0.05, 0) is 26.0 Å². The van der Waals surface area contributed by atoms with Crippen LogP contribution in [-0.4, -0.2) is 15.1 Å². The molecule has 0 radical (unpaired) electrons. The van der Waals surface area contributed by atoms with Gasteiger partial charge in [-0.15, -0.1) is 11.3 Å². The molecule has 0 spiro atoms. The van der Waals surface area contributed by atoms with E-state index in [0.717, 1.165) is 16.4 Å². The summed E-state index contributed by atoms with van der Waals surface area (Å²) in [5.41, 5.74) is 1.96. The van der Waals surface area contributed by atoms with E-state index in [1.54, 1.807) is 17.4 Å². The Labute approximate surface area is 104 Å². The Hall–Kier alpha value is -1.46. The first-order chi connectivity index (χ1) is 8.15. The van der Waals surface area contributed by atoms with Gasteiger partial charge in [0.1, 0.15) is 10.8 Å². The standard InChI is InChI=1S/C12H15N3OS/c1-8-7-17-12(15-8)9(2)13-5-10-3-4-11(16)6-14-10/h3-4,6-7,9,13,16H,5H2,1-2H3. The molecule has 17 heavy (non-hydrogen) atoms. The van der Waals surface area contributed by atoms with Crippen LogP contribution in [0.4, 0.5) is 0 Å². The Morgan fingerprint density at radius 3 is 2.88 bits per heavy atom. The van der Waals surface area contributed by atoms with E-state index in [2.05, 4.69) is 22.2 Å². The van der Waals surface area contributed by atoms with Crippen molar-refractivity contribution in [2.45, 2.75) is 26.4 Å². The van der Waals surface area contributed by atoms with Crippen LogP contribution in [0.3, 0.4) is 0 Å². The van der Waals surface area contributed by atoms with Crippen LogP contribution in [0.15, 0.2) is 23.7 Å². The molecule has 0 aliphatic rings. The summed E-state index contributed by atoms with van der Waals surface area (Å²) < 4.78 is 0. The van der Waals surface area contributed by atoms with Gasteiger partial charge in [0.15, 0.2) is 0 Å². The van der Waals surface area contributed by atoms with E-state index in [1.807, 2.05) is 18.4 Å². The Morgan fingerprint density at radius 2 is 2.29 bits per heavy atom. The maximum atomic E-state index is 9.12. The van der Waals surface area contributed by atoms with Crippen LogP contribution in [0.2, 0.25) is 0 Å². The van der Waals surface area contributed by atoms with E-state index in [-0.39, 0.29) is 11.8 Å². The van der Waals surface area contributed by atoms with Crippen LogP contribution in [0.1, 0.15) is 29.4 Å². The maximum Gasteiger partial charge on any atom is 0.133 e. The average molecular weight is 249 g/mol. The Morgan fingerprint density at radius 1 is 1.47 bits per heavy atom. The Balaban J connectivity index is 1.92. The number of hydrogen-bond donors (Lipinski definition) is 2. The minimum Gasteiger partial charge on any atom is -0.506 e. The summed E-state index contributed by atoms with van der Waals surface area (Å²) in [5.74, 6) is 0.192. The molecule has 4 nitrogen and oxygen atoms in total. The van der Waals surface area contributed by atoms with Crippen LogP contribution in [0.25, 0.3) is 0 Å². The van der Waals surface area contributed by atoms with Crippen molar-refractivity contribution in [3.05, 3.63) is 40.1 Å². The molecule has 0 aromatic carbocycles. The third-order valence-electron chi connectivity index (χ3n) is 2.41. The van der Waals surface area contributed by atoms with Gasteiger partial charge in [-0.3, -0.25) is 4.98 Å². The molecular weight excluding hydrogens is 234 g/mol. The van der Waals surface area contributed by atoms with Crippen molar-refractivity contribution >= 4 is 11.3 Å². The highest BCUT2D eigenvalue weighted by Gasteiger charge is 2.08. The van der Waals surface area contributed by atoms with Crippen LogP contribution < -0.4 is 5.32 Å². The van der Waals surface area contributed by atoms with Gasteiger partial charge in [-0.1, -0.05) is 0 Å². The van der Waals surface area contributed by atoms with Crippen molar-refractivity contribution in [3.63, 3.8) is 0 Å². The molecule has 2 aromatic rings. The summed E-state index contributed by atoms with van der Waals surface area (Å²) in [4.78, 5) is 8.55. The molecule has 0 saturated carbocycles. The highest BCUT2D eigenvalue weighted by atomic mass is 32.1. The van der Waals surface area contributed by atoms with Gasteiger partial charge in [0.05, 0.1) is 17.9 Å². The number of nitrogens with one attached hydrogen (secondary N) is 1. The zero-order valence-electron chi connectivity index (χ0n) is 9.84. The molecule has 2 N–H and O–H groups in total.